The quantitative estimate of drug-likeness (QED) is 0.893. The van der Waals surface area contributed by atoms with Crippen molar-refractivity contribution in [1.29, 1.82) is 0 Å². The van der Waals surface area contributed by atoms with Crippen molar-refractivity contribution in [3.05, 3.63) is 59.1 Å². The summed E-state index contributed by atoms with van der Waals surface area (Å²) in [4.78, 5) is 2.08. The van der Waals surface area contributed by atoms with E-state index in [9.17, 15) is 0 Å². The van der Waals surface area contributed by atoms with Crippen LogP contribution in [0.4, 0.5) is 11.4 Å². The first kappa shape index (κ1) is 12.8. The van der Waals surface area contributed by atoms with E-state index >= 15 is 0 Å². The van der Waals surface area contributed by atoms with Crippen LogP contribution in [-0.2, 0) is 6.54 Å². The number of halogens is 1. The van der Waals surface area contributed by atoms with Crippen LogP contribution < -0.4 is 10.2 Å². The van der Waals surface area contributed by atoms with Crippen molar-refractivity contribution < 1.29 is 0 Å². The van der Waals surface area contributed by atoms with Gasteiger partial charge in [0.2, 0.25) is 0 Å². The first-order valence-electron chi connectivity index (χ1n) is 5.91. The SMILES string of the molecule is CN(C)c1ccc(NCc2ccccc2Cl)cc1. The van der Waals surface area contributed by atoms with Gasteiger partial charge in [-0.25, -0.2) is 0 Å². The lowest BCUT2D eigenvalue weighted by Gasteiger charge is -2.13. The Labute approximate surface area is 113 Å². The fourth-order valence-electron chi connectivity index (χ4n) is 1.72. The number of anilines is 2. The molecule has 0 aliphatic rings. The van der Waals surface area contributed by atoms with Crippen LogP contribution in [-0.4, -0.2) is 14.1 Å². The maximum atomic E-state index is 6.11. The Balaban J connectivity index is 2.00. The minimum Gasteiger partial charge on any atom is -0.381 e. The summed E-state index contributed by atoms with van der Waals surface area (Å²) in [5.41, 5.74) is 3.40. The second-order valence-electron chi connectivity index (χ2n) is 4.39. The van der Waals surface area contributed by atoms with E-state index in [4.69, 9.17) is 11.6 Å². The van der Waals surface area contributed by atoms with Gasteiger partial charge in [-0.05, 0) is 35.9 Å². The highest BCUT2D eigenvalue weighted by Gasteiger charge is 1.99. The van der Waals surface area contributed by atoms with Crippen molar-refractivity contribution in [3.63, 3.8) is 0 Å². The molecule has 94 valence electrons. The van der Waals surface area contributed by atoms with Gasteiger partial charge in [-0.15, -0.1) is 0 Å². The van der Waals surface area contributed by atoms with Crippen LogP contribution in [0.15, 0.2) is 48.5 Å². The van der Waals surface area contributed by atoms with E-state index in [1.54, 1.807) is 0 Å². The molecular formula is C15H17ClN2. The molecule has 0 unspecified atom stereocenters. The van der Waals surface area contributed by atoms with Crippen molar-refractivity contribution in [1.82, 2.24) is 0 Å². The lowest BCUT2D eigenvalue weighted by atomic mass is 10.2. The van der Waals surface area contributed by atoms with Crippen LogP contribution in [0.2, 0.25) is 5.02 Å². The summed E-state index contributed by atoms with van der Waals surface area (Å²) >= 11 is 6.11. The summed E-state index contributed by atoms with van der Waals surface area (Å²) in [6.45, 7) is 0.737. The second kappa shape index (κ2) is 5.78. The first-order chi connectivity index (χ1) is 8.66. The molecule has 0 aromatic heterocycles. The van der Waals surface area contributed by atoms with Crippen molar-refractivity contribution >= 4 is 23.0 Å². The summed E-state index contributed by atoms with van der Waals surface area (Å²) in [6.07, 6.45) is 0. The van der Waals surface area contributed by atoms with Gasteiger partial charge in [0.05, 0.1) is 0 Å². The Morgan fingerprint density at radius 3 is 2.28 bits per heavy atom. The molecule has 0 aliphatic heterocycles. The van der Waals surface area contributed by atoms with Crippen LogP contribution >= 0.6 is 11.6 Å². The zero-order valence-corrected chi connectivity index (χ0v) is 11.4. The van der Waals surface area contributed by atoms with Gasteiger partial charge in [-0.2, -0.15) is 0 Å². The van der Waals surface area contributed by atoms with E-state index < -0.39 is 0 Å². The van der Waals surface area contributed by atoms with E-state index in [0.29, 0.717) is 0 Å². The van der Waals surface area contributed by atoms with Crippen molar-refractivity contribution in [2.45, 2.75) is 6.54 Å². The Hall–Kier alpha value is -1.67. The van der Waals surface area contributed by atoms with Crippen molar-refractivity contribution in [2.75, 3.05) is 24.3 Å². The summed E-state index contributed by atoms with van der Waals surface area (Å²) < 4.78 is 0. The third-order valence-corrected chi connectivity index (χ3v) is 3.19. The van der Waals surface area contributed by atoms with Gasteiger partial charge in [0.1, 0.15) is 0 Å². The number of nitrogens with one attached hydrogen (secondary N) is 1. The zero-order chi connectivity index (χ0) is 13.0. The Morgan fingerprint density at radius 2 is 1.67 bits per heavy atom. The van der Waals surface area contributed by atoms with E-state index in [1.807, 2.05) is 38.4 Å². The summed E-state index contributed by atoms with van der Waals surface area (Å²) in [7, 11) is 4.07. The smallest absolute Gasteiger partial charge is 0.0455 e. The second-order valence-corrected chi connectivity index (χ2v) is 4.79. The molecule has 0 radical (unpaired) electrons. The van der Waals surface area contributed by atoms with Gasteiger partial charge in [-0.3, -0.25) is 0 Å². The van der Waals surface area contributed by atoms with Crippen LogP contribution in [0.25, 0.3) is 0 Å². The molecule has 0 saturated carbocycles. The minimum absolute atomic E-state index is 0.737. The molecule has 2 aromatic rings. The predicted octanol–water partition coefficient (Wildman–Crippen LogP) is 4.02. The topological polar surface area (TPSA) is 15.3 Å². The molecular weight excluding hydrogens is 244 g/mol. The van der Waals surface area contributed by atoms with Crippen molar-refractivity contribution in [3.8, 4) is 0 Å². The summed E-state index contributed by atoms with van der Waals surface area (Å²) in [5, 5.41) is 4.17. The molecule has 3 heteroatoms. The summed E-state index contributed by atoms with van der Waals surface area (Å²) in [6, 6.07) is 16.2. The van der Waals surface area contributed by atoms with Crippen molar-refractivity contribution in [2.24, 2.45) is 0 Å². The van der Waals surface area contributed by atoms with Gasteiger partial charge >= 0.3 is 0 Å². The largest absolute Gasteiger partial charge is 0.381 e. The fraction of sp³-hybridized carbons (Fsp3) is 0.200. The highest BCUT2D eigenvalue weighted by Crippen LogP contribution is 2.19. The molecule has 0 saturated heterocycles. The maximum Gasteiger partial charge on any atom is 0.0455 e. The normalized spacial score (nSPS) is 10.2. The van der Waals surface area contributed by atoms with E-state index in [1.165, 1.54) is 5.69 Å². The average molecular weight is 261 g/mol. The van der Waals surface area contributed by atoms with Crippen LogP contribution in [0.5, 0.6) is 0 Å². The van der Waals surface area contributed by atoms with Gasteiger partial charge in [-0.1, -0.05) is 29.8 Å². The van der Waals surface area contributed by atoms with Gasteiger partial charge in [0.25, 0.3) is 0 Å². The first-order valence-corrected chi connectivity index (χ1v) is 6.29. The van der Waals surface area contributed by atoms with Gasteiger partial charge in [0.15, 0.2) is 0 Å². The predicted molar refractivity (Wildman–Crippen MR) is 79.5 cm³/mol. The van der Waals surface area contributed by atoms with E-state index in [2.05, 4.69) is 34.5 Å². The van der Waals surface area contributed by atoms with E-state index in [0.717, 1.165) is 22.8 Å². The monoisotopic (exact) mass is 260 g/mol. The molecule has 2 rings (SSSR count). The minimum atomic E-state index is 0.737. The van der Waals surface area contributed by atoms with Crippen LogP contribution in [0, 0.1) is 0 Å². The number of hydrogen-bond acceptors (Lipinski definition) is 2. The van der Waals surface area contributed by atoms with Gasteiger partial charge in [0, 0.05) is 37.0 Å². The molecule has 2 nitrogen and oxygen atoms in total. The van der Waals surface area contributed by atoms with Gasteiger partial charge < -0.3 is 10.2 Å². The lowest BCUT2D eigenvalue weighted by Crippen LogP contribution is -2.08. The molecule has 0 spiro atoms. The number of rotatable bonds is 4. The Kier molecular flexibility index (Phi) is 4.11. The molecule has 2 aromatic carbocycles. The molecule has 0 heterocycles. The third-order valence-electron chi connectivity index (χ3n) is 2.82. The fourth-order valence-corrected chi connectivity index (χ4v) is 1.92. The highest BCUT2D eigenvalue weighted by atomic mass is 35.5. The average Bonchev–Trinajstić information content (AvgIpc) is 2.38. The van der Waals surface area contributed by atoms with Crippen LogP contribution in [0.3, 0.4) is 0 Å². The highest BCUT2D eigenvalue weighted by molar-refractivity contribution is 6.31. The zero-order valence-electron chi connectivity index (χ0n) is 10.7. The molecule has 0 fully saturated rings. The molecule has 0 aliphatic carbocycles. The third kappa shape index (κ3) is 3.17. The number of hydrogen-bond donors (Lipinski definition) is 1. The number of nitrogens with zero attached hydrogens (tertiary/aromatic N) is 1. The Bertz CT molecular complexity index is 506. The van der Waals surface area contributed by atoms with Crippen LogP contribution in [0.1, 0.15) is 5.56 Å². The molecule has 0 bridgehead atoms. The molecule has 18 heavy (non-hydrogen) atoms. The standard InChI is InChI=1S/C15H17ClN2/c1-18(2)14-9-7-13(8-10-14)17-11-12-5-3-4-6-15(12)16/h3-10,17H,11H2,1-2H3. The molecule has 1 N–H and O–H groups in total. The summed E-state index contributed by atoms with van der Waals surface area (Å²) in [5.74, 6) is 0. The molecule has 0 amide bonds. The number of benzene rings is 2. The maximum absolute atomic E-state index is 6.11. The lowest BCUT2D eigenvalue weighted by molar-refractivity contribution is 1.12. The Morgan fingerprint density at radius 1 is 1.00 bits per heavy atom. The molecule has 0 atom stereocenters. The van der Waals surface area contributed by atoms with E-state index in [-0.39, 0.29) is 0 Å².